The van der Waals surface area contributed by atoms with Gasteiger partial charge >= 0.3 is 5.97 Å². The number of ether oxygens (including phenoxy) is 1. The van der Waals surface area contributed by atoms with Gasteiger partial charge in [-0.15, -0.1) is 0 Å². The quantitative estimate of drug-likeness (QED) is 0.859. The van der Waals surface area contributed by atoms with Crippen LogP contribution in [0.25, 0.3) is 0 Å². The number of carbonyl (C=O) groups excluding carboxylic acids is 1. The van der Waals surface area contributed by atoms with Gasteiger partial charge in [0, 0.05) is 24.4 Å². The Morgan fingerprint density at radius 3 is 2.95 bits per heavy atom. The third kappa shape index (κ3) is 2.59. The molecule has 1 aromatic heterocycles. The van der Waals surface area contributed by atoms with Crippen molar-refractivity contribution in [3.8, 4) is 0 Å². The summed E-state index contributed by atoms with van der Waals surface area (Å²) in [5, 5.41) is 3.20. The Balaban J connectivity index is 2.26. The number of rotatable bonds is 4. The molecule has 0 radical (unpaired) electrons. The number of carbonyl (C=O) groups is 1. The van der Waals surface area contributed by atoms with Crippen molar-refractivity contribution in [2.24, 2.45) is 0 Å². The van der Waals surface area contributed by atoms with Gasteiger partial charge in [-0.2, -0.15) is 0 Å². The summed E-state index contributed by atoms with van der Waals surface area (Å²) >= 11 is 0. The van der Waals surface area contributed by atoms with Crippen LogP contribution in [0, 0.1) is 0 Å². The minimum Gasteiger partial charge on any atom is -0.468 e. The van der Waals surface area contributed by atoms with Gasteiger partial charge in [-0.05, 0) is 32.7 Å². The van der Waals surface area contributed by atoms with Crippen LogP contribution >= 0.6 is 0 Å². The van der Waals surface area contributed by atoms with Crippen LogP contribution in [0.3, 0.4) is 0 Å². The van der Waals surface area contributed by atoms with Crippen molar-refractivity contribution in [3.63, 3.8) is 0 Å². The van der Waals surface area contributed by atoms with Crippen LogP contribution in [-0.2, 0) is 9.53 Å². The van der Waals surface area contributed by atoms with Gasteiger partial charge in [0.1, 0.15) is 11.4 Å². The molecular formula is C15H25N3O2. The summed E-state index contributed by atoms with van der Waals surface area (Å²) < 4.78 is 7.24. The number of likely N-dealkylation sites (N-methyl/N-ethyl adjacent to an activating group) is 1. The lowest BCUT2D eigenvalue weighted by molar-refractivity contribution is -0.150. The molecular weight excluding hydrogens is 254 g/mol. The molecule has 1 saturated carbocycles. The number of hydrogen-bond donors (Lipinski definition) is 1. The molecule has 112 valence electrons. The van der Waals surface area contributed by atoms with Gasteiger partial charge in [0.15, 0.2) is 0 Å². The number of nitrogens with zero attached hydrogens (tertiary/aromatic N) is 2. The van der Waals surface area contributed by atoms with Gasteiger partial charge in [0.05, 0.1) is 7.11 Å². The van der Waals surface area contributed by atoms with Crippen molar-refractivity contribution in [3.05, 3.63) is 18.2 Å². The Morgan fingerprint density at radius 2 is 2.35 bits per heavy atom. The van der Waals surface area contributed by atoms with Crippen molar-refractivity contribution >= 4 is 5.97 Å². The summed E-state index contributed by atoms with van der Waals surface area (Å²) in [6.45, 7) is 4.29. The van der Waals surface area contributed by atoms with E-state index in [1.165, 1.54) is 7.11 Å². The summed E-state index contributed by atoms with van der Waals surface area (Å²) in [6, 6.07) is 0.301. The normalized spacial score (nSPS) is 26.8. The fourth-order valence-electron chi connectivity index (χ4n) is 3.27. The minimum atomic E-state index is -0.559. The van der Waals surface area contributed by atoms with Crippen molar-refractivity contribution < 1.29 is 9.53 Å². The highest BCUT2D eigenvalue weighted by molar-refractivity contribution is 5.80. The molecule has 1 aliphatic rings. The highest BCUT2D eigenvalue weighted by Crippen LogP contribution is 2.37. The second kappa shape index (κ2) is 5.95. The summed E-state index contributed by atoms with van der Waals surface area (Å²) in [5.41, 5.74) is -0.559. The Bertz CT molecular complexity index is 469. The van der Waals surface area contributed by atoms with E-state index in [1.807, 2.05) is 19.4 Å². The van der Waals surface area contributed by atoms with E-state index in [1.54, 1.807) is 0 Å². The first-order valence-corrected chi connectivity index (χ1v) is 7.34. The highest BCUT2D eigenvalue weighted by atomic mass is 16.5. The Hall–Kier alpha value is -1.36. The van der Waals surface area contributed by atoms with E-state index >= 15 is 0 Å². The SMILES string of the molecule is CNC1(C(=O)OC)CCCC(n2ccnc2C(C)C)C1. The van der Waals surface area contributed by atoms with Gasteiger partial charge in [-0.1, -0.05) is 13.8 Å². The van der Waals surface area contributed by atoms with Crippen LogP contribution in [0.1, 0.15) is 57.3 Å². The maximum atomic E-state index is 12.1. The van der Waals surface area contributed by atoms with Gasteiger partial charge in [0.25, 0.3) is 0 Å². The monoisotopic (exact) mass is 279 g/mol. The fourth-order valence-corrected chi connectivity index (χ4v) is 3.27. The number of hydrogen-bond acceptors (Lipinski definition) is 4. The summed E-state index contributed by atoms with van der Waals surface area (Å²) in [5.74, 6) is 1.32. The topological polar surface area (TPSA) is 56.1 Å². The molecule has 0 aromatic carbocycles. The van der Waals surface area contributed by atoms with Gasteiger partial charge < -0.3 is 14.6 Å². The first kappa shape index (κ1) is 15.0. The number of imidazole rings is 1. The Morgan fingerprint density at radius 1 is 1.60 bits per heavy atom. The number of methoxy groups -OCH3 is 1. The Labute approximate surface area is 120 Å². The average Bonchev–Trinajstić information content (AvgIpc) is 2.96. The molecule has 2 unspecified atom stereocenters. The largest absolute Gasteiger partial charge is 0.468 e. The molecule has 0 bridgehead atoms. The van der Waals surface area contributed by atoms with Crippen molar-refractivity contribution in [2.75, 3.05) is 14.2 Å². The summed E-state index contributed by atoms with van der Waals surface area (Å²) in [7, 11) is 3.30. The van der Waals surface area contributed by atoms with Crippen LogP contribution < -0.4 is 5.32 Å². The highest BCUT2D eigenvalue weighted by Gasteiger charge is 2.43. The molecule has 20 heavy (non-hydrogen) atoms. The van der Waals surface area contributed by atoms with E-state index < -0.39 is 5.54 Å². The number of aromatic nitrogens is 2. The van der Waals surface area contributed by atoms with E-state index in [-0.39, 0.29) is 5.97 Å². The van der Waals surface area contributed by atoms with Crippen LogP contribution in [0.4, 0.5) is 0 Å². The first-order chi connectivity index (χ1) is 9.54. The lowest BCUT2D eigenvalue weighted by Gasteiger charge is -2.39. The molecule has 1 aromatic rings. The van der Waals surface area contributed by atoms with Crippen molar-refractivity contribution in [2.45, 2.75) is 57.0 Å². The molecule has 0 amide bonds. The predicted molar refractivity (Wildman–Crippen MR) is 77.6 cm³/mol. The molecule has 1 aliphatic carbocycles. The third-order valence-corrected chi connectivity index (χ3v) is 4.39. The van der Waals surface area contributed by atoms with E-state index in [4.69, 9.17) is 4.74 Å². The fraction of sp³-hybridized carbons (Fsp3) is 0.733. The molecule has 1 fully saturated rings. The zero-order valence-corrected chi connectivity index (χ0v) is 12.8. The summed E-state index contributed by atoms with van der Waals surface area (Å²) in [4.78, 5) is 16.6. The van der Waals surface area contributed by atoms with Crippen molar-refractivity contribution in [1.82, 2.24) is 14.9 Å². The van der Waals surface area contributed by atoms with E-state index in [0.29, 0.717) is 12.0 Å². The predicted octanol–water partition coefficient (Wildman–Crippen LogP) is 2.25. The zero-order valence-electron chi connectivity index (χ0n) is 12.8. The van der Waals surface area contributed by atoms with Crippen LogP contribution in [0.2, 0.25) is 0 Å². The standard InChI is InChI=1S/C15H25N3O2/c1-11(2)13-17-8-9-18(13)12-6-5-7-15(10-12,16-3)14(19)20-4/h8-9,11-12,16H,5-7,10H2,1-4H3. The first-order valence-electron chi connectivity index (χ1n) is 7.34. The lowest BCUT2D eigenvalue weighted by Crippen LogP contribution is -2.54. The molecule has 2 atom stereocenters. The maximum Gasteiger partial charge on any atom is 0.326 e. The van der Waals surface area contributed by atoms with Gasteiger partial charge in [-0.3, -0.25) is 4.79 Å². The summed E-state index contributed by atoms with van der Waals surface area (Å²) in [6.07, 6.45) is 7.56. The van der Waals surface area contributed by atoms with Crippen LogP contribution in [-0.4, -0.2) is 35.2 Å². The van der Waals surface area contributed by atoms with Crippen LogP contribution in [0.5, 0.6) is 0 Å². The second-order valence-corrected chi connectivity index (χ2v) is 5.92. The minimum absolute atomic E-state index is 0.157. The molecule has 0 spiro atoms. The van der Waals surface area contributed by atoms with Crippen LogP contribution in [0.15, 0.2) is 12.4 Å². The van der Waals surface area contributed by atoms with E-state index in [9.17, 15) is 4.79 Å². The lowest BCUT2D eigenvalue weighted by atomic mass is 9.78. The third-order valence-electron chi connectivity index (χ3n) is 4.39. The van der Waals surface area contributed by atoms with E-state index in [0.717, 1.165) is 31.5 Å². The Kier molecular flexibility index (Phi) is 4.48. The zero-order chi connectivity index (χ0) is 14.8. The van der Waals surface area contributed by atoms with Crippen molar-refractivity contribution in [1.29, 1.82) is 0 Å². The molecule has 1 N–H and O–H groups in total. The van der Waals surface area contributed by atoms with Gasteiger partial charge in [-0.25, -0.2) is 4.98 Å². The number of esters is 1. The maximum absolute atomic E-state index is 12.1. The van der Waals surface area contributed by atoms with E-state index in [2.05, 4.69) is 28.7 Å². The molecule has 1 heterocycles. The average molecular weight is 279 g/mol. The number of nitrogens with one attached hydrogen (secondary N) is 1. The molecule has 0 aliphatic heterocycles. The molecule has 5 nitrogen and oxygen atoms in total. The van der Waals surface area contributed by atoms with Gasteiger partial charge in [0.2, 0.25) is 0 Å². The second-order valence-electron chi connectivity index (χ2n) is 5.92. The smallest absolute Gasteiger partial charge is 0.326 e. The molecule has 5 heteroatoms. The molecule has 2 rings (SSSR count). The molecule has 0 saturated heterocycles.